The minimum absolute atomic E-state index is 0.0645. The lowest BCUT2D eigenvalue weighted by Crippen LogP contribution is -2.41. The molecule has 1 fully saturated rings. The molecule has 0 radical (unpaired) electrons. The molecule has 1 aliphatic heterocycles. The summed E-state index contributed by atoms with van der Waals surface area (Å²) < 4.78 is 5.60. The summed E-state index contributed by atoms with van der Waals surface area (Å²) in [5.74, 6) is 0.159. The van der Waals surface area contributed by atoms with Gasteiger partial charge in [0.25, 0.3) is 0 Å². The van der Waals surface area contributed by atoms with E-state index in [9.17, 15) is 4.79 Å². The highest BCUT2D eigenvalue weighted by Gasteiger charge is 2.39. The molecule has 4 nitrogen and oxygen atoms in total. The van der Waals surface area contributed by atoms with Crippen LogP contribution in [0.5, 0.6) is 0 Å². The van der Waals surface area contributed by atoms with Gasteiger partial charge in [-0.3, -0.25) is 10.1 Å². The Kier molecular flexibility index (Phi) is 5.76. The first-order chi connectivity index (χ1) is 10.2. The molecule has 2 rings (SSSR count). The molecule has 1 aromatic carbocycles. The zero-order chi connectivity index (χ0) is 15.2. The van der Waals surface area contributed by atoms with Gasteiger partial charge in [-0.25, -0.2) is 0 Å². The first-order valence-corrected chi connectivity index (χ1v) is 7.90. The Morgan fingerprint density at radius 2 is 2.00 bits per heavy atom. The average molecular weight is 290 g/mol. The largest absolute Gasteiger partial charge is 0.377 e. The normalized spacial score (nSPS) is 23.6. The maximum atomic E-state index is 12.7. The number of nitrogens with zero attached hydrogens (tertiary/aromatic N) is 1. The number of benzene rings is 1. The van der Waals surface area contributed by atoms with Crippen molar-refractivity contribution in [2.24, 2.45) is 0 Å². The fourth-order valence-electron chi connectivity index (χ4n) is 2.90. The molecule has 0 saturated carbocycles. The average Bonchev–Trinajstić information content (AvgIpc) is 2.78. The molecule has 1 aliphatic rings. The first kappa shape index (κ1) is 16.0. The molecule has 3 unspecified atom stereocenters. The van der Waals surface area contributed by atoms with E-state index >= 15 is 0 Å². The molecule has 1 saturated heterocycles. The van der Waals surface area contributed by atoms with Gasteiger partial charge in [0.05, 0.1) is 12.3 Å². The SMILES string of the molecule is CCCC1NC(c2ccccc2)C(=O)N1CC(C)OCC. The summed E-state index contributed by atoms with van der Waals surface area (Å²) in [5.41, 5.74) is 1.04. The topological polar surface area (TPSA) is 41.6 Å². The smallest absolute Gasteiger partial charge is 0.245 e. The minimum atomic E-state index is -0.225. The summed E-state index contributed by atoms with van der Waals surface area (Å²) in [6.07, 6.45) is 2.19. The Bertz CT molecular complexity index is 449. The van der Waals surface area contributed by atoms with Gasteiger partial charge >= 0.3 is 0 Å². The van der Waals surface area contributed by atoms with Crippen LogP contribution in [0.25, 0.3) is 0 Å². The van der Waals surface area contributed by atoms with Gasteiger partial charge in [0.15, 0.2) is 0 Å². The molecule has 0 aliphatic carbocycles. The lowest BCUT2D eigenvalue weighted by Gasteiger charge is -2.26. The van der Waals surface area contributed by atoms with Crippen molar-refractivity contribution >= 4 is 5.91 Å². The second kappa shape index (κ2) is 7.57. The van der Waals surface area contributed by atoms with Crippen molar-refractivity contribution in [3.8, 4) is 0 Å². The predicted octanol–water partition coefficient (Wildman–Crippen LogP) is 2.71. The molecule has 0 aromatic heterocycles. The fourth-order valence-corrected chi connectivity index (χ4v) is 2.90. The minimum Gasteiger partial charge on any atom is -0.377 e. The van der Waals surface area contributed by atoms with E-state index in [2.05, 4.69) is 12.2 Å². The van der Waals surface area contributed by atoms with Crippen molar-refractivity contribution in [3.05, 3.63) is 35.9 Å². The number of amides is 1. The van der Waals surface area contributed by atoms with Gasteiger partial charge in [0.2, 0.25) is 5.91 Å². The van der Waals surface area contributed by atoms with Crippen LogP contribution in [-0.2, 0) is 9.53 Å². The van der Waals surface area contributed by atoms with Crippen molar-refractivity contribution in [2.75, 3.05) is 13.2 Å². The molecule has 1 aromatic rings. The molecule has 0 spiro atoms. The van der Waals surface area contributed by atoms with Gasteiger partial charge in [-0.05, 0) is 25.8 Å². The zero-order valence-electron chi connectivity index (χ0n) is 13.2. The molecule has 1 heterocycles. The standard InChI is InChI=1S/C17H26N2O2/c1-4-9-15-18-16(14-10-7-6-8-11-14)17(20)19(15)12-13(3)21-5-2/h6-8,10-11,13,15-16,18H,4-5,9,12H2,1-3H3. The van der Waals surface area contributed by atoms with Gasteiger partial charge in [-0.15, -0.1) is 0 Å². The van der Waals surface area contributed by atoms with E-state index in [-0.39, 0.29) is 24.2 Å². The van der Waals surface area contributed by atoms with E-state index in [1.807, 2.05) is 49.1 Å². The van der Waals surface area contributed by atoms with Gasteiger partial charge in [0.1, 0.15) is 6.04 Å². The highest BCUT2D eigenvalue weighted by atomic mass is 16.5. The second-order valence-corrected chi connectivity index (χ2v) is 5.57. The Morgan fingerprint density at radius 3 is 2.62 bits per heavy atom. The number of nitrogens with one attached hydrogen (secondary N) is 1. The zero-order valence-corrected chi connectivity index (χ0v) is 13.2. The molecule has 1 N–H and O–H groups in total. The monoisotopic (exact) mass is 290 g/mol. The Morgan fingerprint density at radius 1 is 1.29 bits per heavy atom. The molecule has 3 atom stereocenters. The van der Waals surface area contributed by atoms with Crippen molar-refractivity contribution in [1.29, 1.82) is 0 Å². The van der Waals surface area contributed by atoms with E-state index < -0.39 is 0 Å². The summed E-state index contributed by atoms with van der Waals surface area (Å²) in [6.45, 7) is 7.48. The van der Waals surface area contributed by atoms with Crippen molar-refractivity contribution in [2.45, 2.75) is 51.9 Å². The Hall–Kier alpha value is -1.39. The van der Waals surface area contributed by atoms with E-state index in [1.165, 1.54) is 0 Å². The molecule has 4 heteroatoms. The molecule has 0 bridgehead atoms. The predicted molar refractivity (Wildman–Crippen MR) is 83.8 cm³/mol. The lowest BCUT2D eigenvalue weighted by molar-refractivity contribution is -0.132. The van der Waals surface area contributed by atoms with Gasteiger partial charge in [0, 0.05) is 13.2 Å². The summed E-state index contributed by atoms with van der Waals surface area (Å²) >= 11 is 0. The van der Waals surface area contributed by atoms with Crippen molar-refractivity contribution < 1.29 is 9.53 Å². The number of rotatable bonds is 7. The lowest BCUT2D eigenvalue weighted by atomic mass is 10.1. The summed E-state index contributed by atoms with van der Waals surface area (Å²) in [4.78, 5) is 14.7. The number of carbonyl (C=O) groups excluding carboxylic acids is 1. The van der Waals surface area contributed by atoms with E-state index in [0.717, 1.165) is 18.4 Å². The third-order valence-corrected chi connectivity index (χ3v) is 3.87. The third kappa shape index (κ3) is 3.83. The number of carbonyl (C=O) groups is 1. The Balaban J connectivity index is 2.12. The summed E-state index contributed by atoms with van der Waals surface area (Å²) in [7, 11) is 0. The number of ether oxygens (including phenoxy) is 1. The third-order valence-electron chi connectivity index (χ3n) is 3.87. The first-order valence-electron chi connectivity index (χ1n) is 7.90. The van der Waals surface area contributed by atoms with Gasteiger partial charge in [-0.2, -0.15) is 0 Å². The highest BCUT2D eigenvalue weighted by molar-refractivity contribution is 5.85. The van der Waals surface area contributed by atoms with Crippen LogP contribution >= 0.6 is 0 Å². The summed E-state index contributed by atoms with van der Waals surface area (Å²) in [5, 5.41) is 3.48. The number of hydrogen-bond donors (Lipinski definition) is 1. The molecule has 116 valence electrons. The molecular formula is C17H26N2O2. The highest BCUT2D eigenvalue weighted by Crippen LogP contribution is 2.26. The van der Waals surface area contributed by atoms with E-state index in [4.69, 9.17) is 4.74 Å². The molecular weight excluding hydrogens is 264 g/mol. The maximum absolute atomic E-state index is 12.7. The van der Waals surface area contributed by atoms with E-state index in [1.54, 1.807) is 0 Å². The van der Waals surface area contributed by atoms with Crippen molar-refractivity contribution in [1.82, 2.24) is 10.2 Å². The fraction of sp³-hybridized carbons (Fsp3) is 0.588. The van der Waals surface area contributed by atoms with Crippen LogP contribution in [0, 0.1) is 0 Å². The van der Waals surface area contributed by atoms with Crippen LogP contribution < -0.4 is 5.32 Å². The van der Waals surface area contributed by atoms with Crippen LogP contribution in [0.1, 0.15) is 45.2 Å². The van der Waals surface area contributed by atoms with E-state index in [0.29, 0.717) is 13.2 Å². The molecule has 21 heavy (non-hydrogen) atoms. The molecule has 1 amide bonds. The number of hydrogen-bond acceptors (Lipinski definition) is 3. The van der Waals surface area contributed by atoms with Crippen LogP contribution in [0.15, 0.2) is 30.3 Å². The van der Waals surface area contributed by atoms with Crippen LogP contribution in [0.4, 0.5) is 0 Å². The quantitative estimate of drug-likeness (QED) is 0.839. The van der Waals surface area contributed by atoms with Crippen LogP contribution in [0.3, 0.4) is 0 Å². The second-order valence-electron chi connectivity index (χ2n) is 5.57. The maximum Gasteiger partial charge on any atom is 0.245 e. The van der Waals surface area contributed by atoms with Gasteiger partial charge in [-0.1, -0.05) is 43.7 Å². The van der Waals surface area contributed by atoms with Crippen LogP contribution in [0.2, 0.25) is 0 Å². The van der Waals surface area contributed by atoms with Crippen LogP contribution in [-0.4, -0.2) is 36.2 Å². The summed E-state index contributed by atoms with van der Waals surface area (Å²) in [6, 6.07) is 9.72. The Labute approximate surface area is 127 Å². The van der Waals surface area contributed by atoms with Crippen molar-refractivity contribution in [3.63, 3.8) is 0 Å². The van der Waals surface area contributed by atoms with Gasteiger partial charge < -0.3 is 9.64 Å².